The van der Waals surface area contributed by atoms with Gasteiger partial charge < -0.3 is 9.84 Å². The molecule has 2 rings (SSSR count). The third-order valence-corrected chi connectivity index (χ3v) is 2.69. The van der Waals surface area contributed by atoms with E-state index >= 15 is 0 Å². The molecule has 0 bridgehead atoms. The van der Waals surface area contributed by atoms with Crippen LogP contribution in [0.3, 0.4) is 0 Å². The summed E-state index contributed by atoms with van der Waals surface area (Å²) >= 11 is 0. The van der Waals surface area contributed by atoms with E-state index in [9.17, 15) is 5.11 Å². The van der Waals surface area contributed by atoms with Crippen molar-refractivity contribution in [1.82, 2.24) is 0 Å². The van der Waals surface area contributed by atoms with E-state index in [4.69, 9.17) is 4.74 Å². The minimum Gasteiger partial charge on any atom is -0.508 e. The summed E-state index contributed by atoms with van der Waals surface area (Å²) in [6.07, 6.45) is 2.22. The molecular formula is C16H16O2. The highest BCUT2D eigenvalue weighted by atomic mass is 16.5. The highest BCUT2D eigenvalue weighted by molar-refractivity contribution is 5.35. The van der Waals surface area contributed by atoms with Gasteiger partial charge in [0.25, 0.3) is 0 Å². The monoisotopic (exact) mass is 240 g/mol. The molecule has 1 N–H and O–H groups in total. The van der Waals surface area contributed by atoms with Crippen molar-refractivity contribution < 1.29 is 9.84 Å². The molecule has 2 nitrogen and oxygen atoms in total. The highest BCUT2D eigenvalue weighted by Gasteiger charge is 2.15. The fourth-order valence-corrected chi connectivity index (χ4v) is 1.81. The number of benzene rings is 2. The van der Waals surface area contributed by atoms with Gasteiger partial charge in [-0.15, -0.1) is 6.58 Å². The van der Waals surface area contributed by atoms with Crippen LogP contribution in [0.2, 0.25) is 0 Å². The molecule has 0 amide bonds. The van der Waals surface area contributed by atoms with E-state index in [1.807, 2.05) is 42.5 Å². The second kappa shape index (κ2) is 5.92. The fraction of sp³-hybridized carbons (Fsp3) is 0.125. The zero-order chi connectivity index (χ0) is 12.8. The van der Waals surface area contributed by atoms with Crippen LogP contribution in [-0.4, -0.2) is 5.11 Å². The lowest BCUT2D eigenvalue weighted by Gasteiger charge is -2.19. The van der Waals surface area contributed by atoms with Gasteiger partial charge in [0.1, 0.15) is 17.6 Å². The van der Waals surface area contributed by atoms with E-state index < -0.39 is 0 Å². The molecule has 0 aliphatic heterocycles. The van der Waals surface area contributed by atoms with Gasteiger partial charge in [-0.1, -0.05) is 42.5 Å². The lowest BCUT2D eigenvalue weighted by molar-refractivity contribution is 0.205. The van der Waals surface area contributed by atoms with Crippen molar-refractivity contribution in [2.75, 3.05) is 0 Å². The van der Waals surface area contributed by atoms with Gasteiger partial charge >= 0.3 is 0 Å². The first-order valence-electron chi connectivity index (χ1n) is 5.91. The number of ether oxygens (including phenoxy) is 1. The van der Waals surface area contributed by atoms with Gasteiger partial charge in [-0.25, -0.2) is 0 Å². The number of para-hydroxylation sites is 2. The van der Waals surface area contributed by atoms with Crippen LogP contribution in [0.5, 0.6) is 11.5 Å². The van der Waals surface area contributed by atoms with Gasteiger partial charge in [0.15, 0.2) is 0 Å². The third kappa shape index (κ3) is 2.92. The van der Waals surface area contributed by atoms with Crippen molar-refractivity contribution in [1.29, 1.82) is 0 Å². The molecule has 0 radical (unpaired) electrons. The fourth-order valence-electron chi connectivity index (χ4n) is 1.81. The molecule has 0 spiro atoms. The summed E-state index contributed by atoms with van der Waals surface area (Å²) in [7, 11) is 0. The van der Waals surface area contributed by atoms with E-state index in [1.165, 1.54) is 0 Å². The smallest absolute Gasteiger partial charge is 0.131 e. The van der Waals surface area contributed by atoms with Gasteiger partial charge in [-0.05, 0) is 18.2 Å². The van der Waals surface area contributed by atoms with Crippen molar-refractivity contribution in [3.8, 4) is 11.5 Å². The molecule has 1 atom stereocenters. The zero-order valence-electron chi connectivity index (χ0n) is 10.1. The number of rotatable bonds is 5. The number of hydrogen-bond donors (Lipinski definition) is 1. The highest BCUT2D eigenvalue weighted by Crippen LogP contribution is 2.30. The Labute approximate surface area is 107 Å². The number of aromatic hydroxyl groups is 1. The standard InChI is InChI=1S/C16H16O2/c1-2-8-16(14-11-6-7-12-15(14)17)18-13-9-4-3-5-10-13/h2-7,9-12,16-17H,1,8H2. The second-order valence-corrected chi connectivity index (χ2v) is 4.00. The molecule has 0 aliphatic rings. The van der Waals surface area contributed by atoms with Crippen LogP contribution in [0.15, 0.2) is 67.3 Å². The first-order chi connectivity index (χ1) is 8.81. The maximum Gasteiger partial charge on any atom is 0.131 e. The summed E-state index contributed by atoms with van der Waals surface area (Å²) in [5, 5.41) is 9.87. The maximum atomic E-state index is 9.87. The van der Waals surface area contributed by atoms with Crippen LogP contribution < -0.4 is 4.74 Å². The summed E-state index contributed by atoms with van der Waals surface area (Å²) in [6, 6.07) is 16.8. The molecule has 2 aromatic carbocycles. The average Bonchev–Trinajstić information content (AvgIpc) is 2.40. The van der Waals surface area contributed by atoms with Crippen LogP contribution in [0.25, 0.3) is 0 Å². The summed E-state index contributed by atoms with van der Waals surface area (Å²) in [5.41, 5.74) is 0.779. The van der Waals surface area contributed by atoms with Gasteiger partial charge in [-0.3, -0.25) is 0 Å². The van der Waals surface area contributed by atoms with Crippen LogP contribution in [0.1, 0.15) is 18.1 Å². The molecule has 92 valence electrons. The van der Waals surface area contributed by atoms with E-state index in [2.05, 4.69) is 6.58 Å². The van der Waals surface area contributed by atoms with E-state index in [1.54, 1.807) is 18.2 Å². The summed E-state index contributed by atoms with van der Waals surface area (Å²) in [6.45, 7) is 3.74. The zero-order valence-corrected chi connectivity index (χ0v) is 10.1. The SMILES string of the molecule is C=CCC(Oc1ccccc1)c1ccccc1O. The van der Waals surface area contributed by atoms with Gasteiger partial charge in [0.05, 0.1) is 0 Å². The Morgan fingerprint density at radius 3 is 2.39 bits per heavy atom. The molecule has 0 saturated carbocycles. The largest absolute Gasteiger partial charge is 0.508 e. The average molecular weight is 240 g/mol. The molecule has 2 aromatic rings. The summed E-state index contributed by atoms with van der Waals surface area (Å²) in [4.78, 5) is 0. The van der Waals surface area contributed by atoms with Crippen molar-refractivity contribution >= 4 is 0 Å². The van der Waals surface area contributed by atoms with E-state index in [0.29, 0.717) is 6.42 Å². The summed E-state index contributed by atoms with van der Waals surface area (Å²) < 4.78 is 5.89. The van der Waals surface area contributed by atoms with Crippen LogP contribution in [-0.2, 0) is 0 Å². The molecular weight excluding hydrogens is 224 g/mol. The first-order valence-corrected chi connectivity index (χ1v) is 5.91. The number of hydrogen-bond acceptors (Lipinski definition) is 2. The van der Waals surface area contributed by atoms with Crippen molar-refractivity contribution in [3.63, 3.8) is 0 Å². The van der Waals surface area contributed by atoms with Crippen molar-refractivity contribution in [2.45, 2.75) is 12.5 Å². The minimum atomic E-state index is -0.217. The Hall–Kier alpha value is -2.22. The Bertz CT molecular complexity index is 506. The summed E-state index contributed by atoms with van der Waals surface area (Å²) in [5.74, 6) is 1.04. The molecule has 1 unspecified atom stereocenters. The lowest BCUT2D eigenvalue weighted by Crippen LogP contribution is -2.06. The van der Waals surface area contributed by atoms with Gasteiger partial charge in [0, 0.05) is 12.0 Å². The minimum absolute atomic E-state index is 0.217. The molecule has 2 heteroatoms. The molecule has 0 heterocycles. The molecule has 0 aromatic heterocycles. The topological polar surface area (TPSA) is 29.5 Å². The molecule has 0 aliphatic carbocycles. The molecule has 18 heavy (non-hydrogen) atoms. The van der Waals surface area contributed by atoms with Crippen molar-refractivity contribution in [3.05, 3.63) is 72.8 Å². The Morgan fingerprint density at radius 2 is 1.72 bits per heavy atom. The first kappa shape index (κ1) is 12.2. The van der Waals surface area contributed by atoms with E-state index in [-0.39, 0.29) is 11.9 Å². The number of phenols is 1. The quantitative estimate of drug-likeness (QED) is 0.798. The van der Waals surface area contributed by atoms with E-state index in [0.717, 1.165) is 11.3 Å². The third-order valence-electron chi connectivity index (χ3n) is 2.69. The Balaban J connectivity index is 2.24. The normalized spacial score (nSPS) is 11.8. The predicted octanol–water partition coefficient (Wildman–Crippen LogP) is 4.09. The molecule has 0 fully saturated rings. The van der Waals surface area contributed by atoms with Crippen molar-refractivity contribution in [2.24, 2.45) is 0 Å². The van der Waals surface area contributed by atoms with Crippen LogP contribution in [0.4, 0.5) is 0 Å². The second-order valence-electron chi connectivity index (χ2n) is 4.00. The Kier molecular flexibility index (Phi) is 4.02. The molecule has 0 saturated heterocycles. The van der Waals surface area contributed by atoms with Crippen LogP contribution in [0, 0.1) is 0 Å². The predicted molar refractivity (Wildman–Crippen MR) is 72.7 cm³/mol. The number of phenolic OH excluding ortho intramolecular Hbond substituents is 1. The van der Waals surface area contributed by atoms with Gasteiger partial charge in [0.2, 0.25) is 0 Å². The lowest BCUT2D eigenvalue weighted by atomic mass is 10.1. The Morgan fingerprint density at radius 1 is 1.06 bits per heavy atom. The maximum absolute atomic E-state index is 9.87. The van der Waals surface area contributed by atoms with Crippen LogP contribution >= 0.6 is 0 Å². The van der Waals surface area contributed by atoms with Gasteiger partial charge in [-0.2, -0.15) is 0 Å².